The number of benzene rings is 1. The van der Waals surface area contributed by atoms with Gasteiger partial charge in [-0.05, 0) is 37.7 Å². The Kier molecular flexibility index (Phi) is 4.22. The molecule has 0 fully saturated rings. The number of nitrogens with zero attached hydrogens (tertiary/aromatic N) is 1. The van der Waals surface area contributed by atoms with E-state index in [2.05, 4.69) is 10.3 Å². The lowest BCUT2D eigenvalue weighted by atomic mass is 9.99. The molecule has 4 heteroatoms. The number of hydrogen-bond acceptors (Lipinski definition) is 2. The number of halogens is 2. The average molecular weight is 262 g/mol. The van der Waals surface area contributed by atoms with Crippen LogP contribution in [0.25, 0.3) is 0 Å². The fraction of sp³-hybridized carbons (Fsp3) is 0.267. The maximum atomic E-state index is 13.8. The van der Waals surface area contributed by atoms with Gasteiger partial charge in [0.15, 0.2) is 0 Å². The fourth-order valence-electron chi connectivity index (χ4n) is 2.12. The summed E-state index contributed by atoms with van der Waals surface area (Å²) in [6, 6.07) is 7.26. The highest BCUT2D eigenvalue weighted by Gasteiger charge is 2.20. The van der Waals surface area contributed by atoms with Crippen molar-refractivity contribution in [3.8, 4) is 0 Å². The SMILES string of the molecule is CNC(Cc1ncccc1C)c1c(F)cccc1F. The fourth-order valence-corrected chi connectivity index (χ4v) is 2.12. The summed E-state index contributed by atoms with van der Waals surface area (Å²) in [5.41, 5.74) is 1.92. The molecule has 0 aliphatic rings. The third-order valence-corrected chi connectivity index (χ3v) is 3.21. The second-order valence-electron chi connectivity index (χ2n) is 4.45. The van der Waals surface area contributed by atoms with Crippen LogP contribution in [0.15, 0.2) is 36.5 Å². The maximum absolute atomic E-state index is 13.8. The van der Waals surface area contributed by atoms with Gasteiger partial charge in [-0.3, -0.25) is 4.98 Å². The molecule has 0 bridgehead atoms. The predicted octanol–water partition coefficient (Wildman–Crippen LogP) is 3.17. The number of nitrogens with one attached hydrogen (secondary N) is 1. The Hall–Kier alpha value is -1.81. The minimum Gasteiger partial charge on any atom is -0.312 e. The van der Waals surface area contributed by atoms with Crippen molar-refractivity contribution in [3.05, 3.63) is 65.0 Å². The lowest BCUT2D eigenvalue weighted by Gasteiger charge is -2.18. The molecule has 0 aliphatic carbocycles. The van der Waals surface area contributed by atoms with Crippen LogP contribution in [0.3, 0.4) is 0 Å². The van der Waals surface area contributed by atoms with E-state index >= 15 is 0 Å². The Bertz CT molecular complexity index is 550. The first-order chi connectivity index (χ1) is 9.13. The number of aryl methyl sites for hydroxylation is 1. The molecule has 2 aromatic rings. The zero-order chi connectivity index (χ0) is 13.8. The molecule has 1 aromatic heterocycles. The van der Waals surface area contributed by atoms with Gasteiger partial charge < -0.3 is 5.32 Å². The van der Waals surface area contributed by atoms with Crippen molar-refractivity contribution in [2.75, 3.05) is 7.05 Å². The highest BCUT2D eigenvalue weighted by molar-refractivity contribution is 5.27. The van der Waals surface area contributed by atoms with Crippen LogP contribution in [0.5, 0.6) is 0 Å². The van der Waals surface area contributed by atoms with Gasteiger partial charge in [0, 0.05) is 29.9 Å². The van der Waals surface area contributed by atoms with Gasteiger partial charge in [0.05, 0.1) is 0 Å². The molecule has 0 saturated heterocycles. The topological polar surface area (TPSA) is 24.9 Å². The lowest BCUT2D eigenvalue weighted by Crippen LogP contribution is -2.22. The van der Waals surface area contributed by atoms with E-state index in [0.717, 1.165) is 11.3 Å². The van der Waals surface area contributed by atoms with Crippen LogP contribution in [0, 0.1) is 18.6 Å². The van der Waals surface area contributed by atoms with Crippen molar-refractivity contribution in [2.24, 2.45) is 0 Å². The average Bonchev–Trinajstić information content (AvgIpc) is 2.39. The smallest absolute Gasteiger partial charge is 0.130 e. The van der Waals surface area contributed by atoms with E-state index in [-0.39, 0.29) is 5.56 Å². The first-order valence-electron chi connectivity index (χ1n) is 6.15. The molecule has 0 radical (unpaired) electrons. The van der Waals surface area contributed by atoms with Crippen LogP contribution in [-0.2, 0) is 6.42 Å². The molecule has 2 nitrogen and oxygen atoms in total. The number of aromatic nitrogens is 1. The molecular formula is C15H16F2N2. The predicted molar refractivity (Wildman–Crippen MR) is 70.8 cm³/mol. The quantitative estimate of drug-likeness (QED) is 0.915. The zero-order valence-electron chi connectivity index (χ0n) is 11.0. The van der Waals surface area contributed by atoms with Crippen molar-refractivity contribution in [3.63, 3.8) is 0 Å². The summed E-state index contributed by atoms with van der Waals surface area (Å²) in [5, 5.41) is 2.96. The molecule has 1 aromatic carbocycles. The molecule has 0 amide bonds. The largest absolute Gasteiger partial charge is 0.312 e. The van der Waals surface area contributed by atoms with Gasteiger partial charge in [-0.1, -0.05) is 12.1 Å². The molecule has 0 aliphatic heterocycles. The molecule has 19 heavy (non-hydrogen) atoms. The molecule has 2 rings (SSSR count). The van der Waals surface area contributed by atoms with E-state index in [4.69, 9.17) is 0 Å². The lowest BCUT2D eigenvalue weighted by molar-refractivity contribution is 0.486. The minimum atomic E-state index is -0.534. The van der Waals surface area contributed by atoms with E-state index in [9.17, 15) is 8.78 Å². The van der Waals surface area contributed by atoms with E-state index in [1.54, 1.807) is 13.2 Å². The van der Waals surface area contributed by atoms with Crippen LogP contribution in [0.1, 0.15) is 22.9 Å². The highest BCUT2D eigenvalue weighted by atomic mass is 19.1. The third-order valence-electron chi connectivity index (χ3n) is 3.21. The van der Waals surface area contributed by atoms with Gasteiger partial charge in [0.25, 0.3) is 0 Å². The Morgan fingerprint density at radius 1 is 1.16 bits per heavy atom. The molecule has 100 valence electrons. The van der Waals surface area contributed by atoms with Crippen molar-refractivity contribution >= 4 is 0 Å². The van der Waals surface area contributed by atoms with E-state index in [1.807, 2.05) is 19.1 Å². The summed E-state index contributed by atoms with van der Waals surface area (Å²) in [6.07, 6.45) is 2.13. The molecular weight excluding hydrogens is 246 g/mol. The Morgan fingerprint density at radius 2 is 1.84 bits per heavy atom. The maximum Gasteiger partial charge on any atom is 0.130 e. The Balaban J connectivity index is 2.34. The van der Waals surface area contributed by atoms with Crippen molar-refractivity contribution in [2.45, 2.75) is 19.4 Å². The highest BCUT2D eigenvalue weighted by Crippen LogP contribution is 2.24. The van der Waals surface area contributed by atoms with Crippen molar-refractivity contribution in [1.29, 1.82) is 0 Å². The first kappa shape index (κ1) is 13.6. The van der Waals surface area contributed by atoms with Crippen LogP contribution >= 0.6 is 0 Å². The summed E-state index contributed by atoms with van der Waals surface area (Å²) in [4.78, 5) is 4.27. The van der Waals surface area contributed by atoms with Crippen LogP contribution in [0.2, 0.25) is 0 Å². The van der Waals surface area contributed by atoms with E-state index < -0.39 is 17.7 Å². The van der Waals surface area contributed by atoms with Gasteiger partial charge >= 0.3 is 0 Å². The standard InChI is InChI=1S/C15H16F2N2/c1-10-5-4-8-19-13(10)9-14(18-2)15-11(16)6-3-7-12(15)17/h3-8,14,18H,9H2,1-2H3. The molecule has 1 N–H and O–H groups in total. The monoisotopic (exact) mass is 262 g/mol. The van der Waals surface area contributed by atoms with Crippen LogP contribution < -0.4 is 5.32 Å². The second-order valence-corrected chi connectivity index (χ2v) is 4.45. The van der Waals surface area contributed by atoms with E-state index in [0.29, 0.717) is 6.42 Å². The van der Waals surface area contributed by atoms with E-state index in [1.165, 1.54) is 18.2 Å². The van der Waals surface area contributed by atoms with Crippen LogP contribution in [0.4, 0.5) is 8.78 Å². The van der Waals surface area contributed by atoms with Gasteiger partial charge in [-0.25, -0.2) is 8.78 Å². The molecule has 1 atom stereocenters. The van der Waals surface area contributed by atoms with Gasteiger partial charge in [0.2, 0.25) is 0 Å². The first-order valence-corrected chi connectivity index (χ1v) is 6.15. The van der Waals surface area contributed by atoms with Gasteiger partial charge in [0.1, 0.15) is 11.6 Å². The molecule has 0 spiro atoms. The van der Waals surface area contributed by atoms with Gasteiger partial charge in [-0.2, -0.15) is 0 Å². The van der Waals surface area contributed by atoms with Crippen LogP contribution in [-0.4, -0.2) is 12.0 Å². The summed E-state index contributed by atoms with van der Waals surface area (Å²) >= 11 is 0. The second kappa shape index (κ2) is 5.89. The Labute approximate surface area is 111 Å². The summed E-state index contributed by atoms with van der Waals surface area (Å²) in [7, 11) is 1.69. The Morgan fingerprint density at radius 3 is 2.42 bits per heavy atom. The van der Waals surface area contributed by atoms with Gasteiger partial charge in [-0.15, -0.1) is 0 Å². The minimum absolute atomic E-state index is 0.0649. The number of hydrogen-bond donors (Lipinski definition) is 1. The zero-order valence-corrected chi connectivity index (χ0v) is 11.0. The third kappa shape index (κ3) is 2.96. The van der Waals surface area contributed by atoms with Crippen molar-refractivity contribution in [1.82, 2.24) is 10.3 Å². The molecule has 1 unspecified atom stereocenters. The summed E-state index contributed by atoms with van der Waals surface area (Å²) in [5.74, 6) is -1.07. The number of pyridine rings is 1. The molecule has 1 heterocycles. The number of likely N-dealkylation sites (N-methyl/N-ethyl adjacent to an activating group) is 1. The summed E-state index contributed by atoms with van der Waals surface area (Å²) < 4.78 is 27.6. The van der Waals surface area contributed by atoms with Crippen molar-refractivity contribution < 1.29 is 8.78 Å². The number of rotatable bonds is 4. The summed E-state index contributed by atoms with van der Waals surface area (Å²) in [6.45, 7) is 1.94. The molecule has 0 saturated carbocycles. The normalized spacial score (nSPS) is 12.4.